The Morgan fingerprint density at radius 2 is 2.05 bits per heavy atom. The van der Waals surface area contributed by atoms with Gasteiger partial charge in [-0.15, -0.1) is 11.3 Å². The van der Waals surface area contributed by atoms with Crippen LogP contribution in [0.4, 0.5) is 0 Å². The molecule has 0 saturated carbocycles. The van der Waals surface area contributed by atoms with E-state index in [2.05, 4.69) is 12.2 Å². The third-order valence-electron chi connectivity index (χ3n) is 3.00. The molecular formula is C13H24N2O2S2. The second kappa shape index (κ2) is 7.99. The Labute approximate surface area is 120 Å². The lowest BCUT2D eigenvalue weighted by atomic mass is 10.2. The van der Waals surface area contributed by atoms with E-state index in [0.717, 1.165) is 37.1 Å². The lowest BCUT2D eigenvalue weighted by molar-refractivity contribution is 0.456. The number of thiophene rings is 1. The van der Waals surface area contributed by atoms with Crippen molar-refractivity contribution in [2.24, 2.45) is 0 Å². The van der Waals surface area contributed by atoms with E-state index in [9.17, 15) is 8.42 Å². The smallest absolute Gasteiger partial charge is 0.252 e. The molecule has 0 amide bonds. The van der Waals surface area contributed by atoms with Gasteiger partial charge in [0.25, 0.3) is 10.0 Å². The molecule has 1 N–H and O–H groups in total. The van der Waals surface area contributed by atoms with Gasteiger partial charge in [0, 0.05) is 18.5 Å². The minimum Gasteiger partial charge on any atom is -0.319 e. The molecule has 4 nitrogen and oxygen atoms in total. The molecule has 0 saturated heterocycles. The van der Waals surface area contributed by atoms with E-state index >= 15 is 0 Å². The normalized spacial score (nSPS) is 12.2. The van der Waals surface area contributed by atoms with E-state index in [1.165, 1.54) is 15.6 Å². The molecule has 1 heterocycles. The molecule has 0 aliphatic heterocycles. The van der Waals surface area contributed by atoms with Gasteiger partial charge in [0.05, 0.1) is 0 Å². The van der Waals surface area contributed by atoms with Crippen molar-refractivity contribution >= 4 is 21.4 Å². The van der Waals surface area contributed by atoms with Crippen LogP contribution in [0.1, 0.15) is 31.1 Å². The van der Waals surface area contributed by atoms with Crippen molar-refractivity contribution in [2.75, 3.05) is 27.2 Å². The first-order valence-corrected chi connectivity index (χ1v) is 8.97. The highest BCUT2D eigenvalue weighted by Gasteiger charge is 2.22. The van der Waals surface area contributed by atoms with Gasteiger partial charge in [0.2, 0.25) is 0 Å². The van der Waals surface area contributed by atoms with Gasteiger partial charge in [0.15, 0.2) is 0 Å². The number of rotatable bonds is 9. The summed E-state index contributed by atoms with van der Waals surface area (Å²) < 4.78 is 26.6. The van der Waals surface area contributed by atoms with Crippen molar-refractivity contribution < 1.29 is 8.42 Å². The van der Waals surface area contributed by atoms with E-state index in [4.69, 9.17) is 0 Å². The second-order valence-corrected chi connectivity index (χ2v) is 8.05. The SMILES string of the molecule is CCCCCN(C)S(=O)(=O)c1ccc(CCNC)s1. The molecule has 0 unspecified atom stereocenters. The molecule has 0 bridgehead atoms. The third-order valence-corrected chi connectivity index (χ3v) is 6.47. The highest BCUT2D eigenvalue weighted by molar-refractivity contribution is 7.91. The minimum absolute atomic E-state index is 0.456. The predicted molar refractivity (Wildman–Crippen MR) is 81.3 cm³/mol. The first kappa shape index (κ1) is 16.6. The minimum atomic E-state index is -3.29. The lowest BCUT2D eigenvalue weighted by Gasteiger charge is -2.15. The Kier molecular flexibility index (Phi) is 6.99. The van der Waals surface area contributed by atoms with Crippen molar-refractivity contribution in [3.63, 3.8) is 0 Å². The number of likely N-dealkylation sites (N-methyl/N-ethyl adjacent to an activating group) is 1. The topological polar surface area (TPSA) is 49.4 Å². The van der Waals surface area contributed by atoms with Crippen LogP contribution in [0.3, 0.4) is 0 Å². The van der Waals surface area contributed by atoms with Crippen LogP contribution in [0.25, 0.3) is 0 Å². The molecule has 0 spiro atoms. The number of sulfonamides is 1. The maximum absolute atomic E-state index is 12.3. The first-order chi connectivity index (χ1) is 9.02. The molecule has 1 aromatic heterocycles. The number of nitrogens with zero attached hydrogens (tertiary/aromatic N) is 1. The average molecular weight is 304 g/mol. The summed E-state index contributed by atoms with van der Waals surface area (Å²) in [5.74, 6) is 0. The zero-order valence-corrected chi connectivity index (χ0v) is 13.6. The standard InChI is InChI=1S/C13H24N2O2S2/c1-4-5-6-11-15(3)19(16,17)13-8-7-12(18-13)9-10-14-2/h7-8,14H,4-6,9-11H2,1-3H3. The number of hydrogen-bond acceptors (Lipinski definition) is 4. The molecule has 0 radical (unpaired) electrons. The highest BCUT2D eigenvalue weighted by Crippen LogP contribution is 2.24. The molecule has 0 aliphatic rings. The van der Waals surface area contributed by atoms with Gasteiger partial charge in [-0.1, -0.05) is 19.8 Å². The van der Waals surface area contributed by atoms with Gasteiger partial charge >= 0.3 is 0 Å². The van der Waals surface area contributed by atoms with Crippen molar-refractivity contribution in [2.45, 2.75) is 36.8 Å². The van der Waals surface area contributed by atoms with Crippen LogP contribution in [0.2, 0.25) is 0 Å². The van der Waals surface area contributed by atoms with Crippen LogP contribution in [0.5, 0.6) is 0 Å². The van der Waals surface area contributed by atoms with Crippen LogP contribution >= 0.6 is 11.3 Å². The third kappa shape index (κ3) is 4.87. The molecule has 1 aromatic rings. The molecule has 0 atom stereocenters. The van der Waals surface area contributed by atoms with Crippen LogP contribution in [-0.4, -0.2) is 39.9 Å². The Morgan fingerprint density at radius 1 is 1.32 bits per heavy atom. The Bertz CT molecular complexity index is 469. The monoisotopic (exact) mass is 304 g/mol. The average Bonchev–Trinajstić information content (AvgIpc) is 2.85. The van der Waals surface area contributed by atoms with Crippen LogP contribution in [0.15, 0.2) is 16.3 Å². The van der Waals surface area contributed by atoms with Gasteiger partial charge in [0.1, 0.15) is 4.21 Å². The molecule has 0 aliphatic carbocycles. The van der Waals surface area contributed by atoms with Crippen molar-refractivity contribution in [1.82, 2.24) is 9.62 Å². The Morgan fingerprint density at radius 3 is 2.68 bits per heavy atom. The summed E-state index contributed by atoms with van der Waals surface area (Å²) in [6, 6.07) is 3.64. The van der Waals surface area contributed by atoms with Gasteiger partial charge in [-0.2, -0.15) is 0 Å². The summed E-state index contributed by atoms with van der Waals surface area (Å²) in [5, 5.41) is 3.07. The summed E-state index contributed by atoms with van der Waals surface area (Å²) in [7, 11) is 0.268. The van der Waals surface area contributed by atoms with E-state index in [1.54, 1.807) is 13.1 Å². The van der Waals surface area contributed by atoms with Gasteiger partial charge < -0.3 is 5.32 Å². The molecular weight excluding hydrogens is 280 g/mol. The highest BCUT2D eigenvalue weighted by atomic mass is 32.2. The zero-order valence-electron chi connectivity index (χ0n) is 12.0. The first-order valence-electron chi connectivity index (χ1n) is 6.72. The maximum Gasteiger partial charge on any atom is 0.252 e. The quantitative estimate of drug-likeness (QED) is 0.712. The molecule has 1 rings (SSSR count). The molecule has 19 heavy (non-hydrogen) atoms. The van der Waals surface area contributed by atoms with Gasteiger partial charge in [-0.3, -0.25) is 0 Å². The largest absolute Gasteiger partial charge is 0.319 e. The van der Waals surface area contributed by atoms with E-state index < -0.39 is 10.0 Å². The summed E-state index contributed by atoms with van der Waals surface area (Å²) in [5.41, 5.74) is 0. The van der Waals surface area contributed by atoms with Crippen LogP contribution in [0, 0.1) is 0 Å². The van der Waals surface area contributed by atoms with E-state index in [-0.39, 0.29) is 0 Å². The van der Waals surface area contributed by atoms with Gasteiger partial charge in [-0.25, -0.2) is 12.7 Å². The summed E-state index contributed by atoms with van der Waals surface area (Å²) in [6.45, 7) is 3.58. The molecule has 0 fully saturated rings. The van der Waals surface area contributed by atoms with E-state index in [0.29, 0.717) is 10.8 Å². The fourth-order valence-electron chi connectivity index (χ4n) is 1.74. The zero-order chi connectivity index (χ0) is 14.3. The number of hydrogen-bond donors (Lipinski definition) is 1. The van der Waals surface area contributed by atoms with Crippen LogP contribution in [-0.2, 0) is 16.4 Å². The molecule has 0 aromatic carbocycles. The van der Waals surface area contributed by atoms with Crippen molar-refractivity contribution in [3.05, 3.63) is 17.0 Å². The molecule has 6 heteroatoms. The fraction of sp³-hybridized carbons (Fsp3) is 0.692. The fourth-order valence-corrected chi connectivity index (χ4v) is 4.51. The number of unbranched alkanes of at least 4 members (excludes halogenated alkanes) is 2. The lowest BCUT2D eigenvalue weighted by Crippen LogP contribution is -2.27. The van der Waals surface area contributed by atoms with E-state index in [1.807, 2.05) is 13.1 Å². The summed E-state index contributed by atoms with van der Waals surface area (Å²) in [4.78, 5) is 1.11. The summed E-state index contributed by atoms with van der Waals surface area (Å²) in [6.07, 6.45) is 3.96. The number of nitrogens with one attached hydrogen (secondary N) is 1. The van der Waals surface area contributed by atoms with Crippen molar-refractivity contribution in [1.29, 1.82) is 0 Å². The maximum atomic E-state index is 12.3. The van der Waals surface area contributed by atoms with Gasteiger partial charge in [-0.05, 0) is 38.6 Å². The molecule has 110 valence electrons. The second-order valence-electron chi connectivity index (χ2n) is 4.61. The van der Waals surface area contributed by atoms with Crippen LogP contribution < -0.4 is 5.32 Å². The Balaban J connectivity index is 2.68. The predicted octanol–water partition coefficient (Wildman–Crippen LogP) is 2.32. The summed E-state index contributed by atoms with van der Waals surface area (Å²) >= 11 is 1.38. The Hall–Kier alpha value is -0.430. The van der Waals surface area contributed by atoms with Crippen molar-refractivity contribution in [3.8, 4) is 0 Å².